The van der Waals surface area contributed by atoms with Crippen LogP contribution in [0.5, 0.6) is 0 Å². The number of rotatable bonds is 6. The summed E-state index contributed by atoms with van der Waals surface area (Å²) in [5, 5.41) is 3.40. The van der Waals surface area contributed by atoms with Crippen molar-refractivity contribution in [2.24, 2.45) is 0 Å². The molecule has 0 aliphatic carbocycles. The van der Waals surface area contributed by atoms with Crippen molar-refractivity contribution < 1.29 is 9.13 Å². The van der Waals surface area contributed by atoms with Crippen LogP contribution in [0.15, 0.2) is 24.3 Å². The van der Waals surface area contributed by atoms with Crippen molar-refractivity contribution in [3.63, 3.8) is 0 Å². The van der Waals surface area contributed by atoms with Gasteiger partial charge < -0.3 is 10.1 Å². The number of halogens is 1. The predicted molar refractivity (Wildman–Crippen MR) is 68.5 cm³/mol. The summed E-state index contributed by atoms with van der Waals surface area (Å²) in [6.45, 7) is 9.64. The maximum absolute atomic E-state index is 12.8. The van der Waals surface area contributed by atoms with Crippen LogP contribution in [0.1, 0.15) is 39.3 Å². The second-order valence-electron chi connectivity index (χ2n) is 4.85. The number of hydrogen-bond acceptors (Lipinski definition) is 2. The second kappa shape index (κ2) is 6.12. The van der Waals surface area contributed by atoms with Crippen LogP contribution in [0.4, 0.5) is 4.39 Å². The lowest BCUT2D eigenvalue weighted by Gasteiger charge is -2.27. The van der Waals surface area contributed by atoms with E-state index in [9.17, 15) is 4.39 Å². The highest BCUT2D eigenvalue weighted by molar-refractivity contribution is 5.19. The van der Waals surface area contributed by atoms with Crippen molar-refractivity contribution in [2.75, 3.05) is 13.2 Å². The zero-order chi connectivity index (χ0) is 12.9. The molecule has 0 aliphatic rings. The molecule has 3 heteroatoms. The summed E-state index contributed by atoms with van der Waals surface area (Å²) in [5.74, 6) is -0.199. The Labute approximate surface area is 103 Å². The zero-order valence-corrected chi connectivity index (χ0v) is 11.1. The van der Waals surface area contributed by atoms with E-state index in [4.69, 9.17) is 4.74 Å². The summed E-state index contributed by atoms with van der Waals surface area (Å²) in [5.41, 5.74) is 0.905. The fraction of sp³-hybridized carbons (Fsp3) is 0.571. The van der Waals surface area contributed by atoms with Crippen LogP contribution in [0.25, 0.3) is 0 Å². The second-order valence-corrected chi connectivity index (χ2v) is 4.85. The topological polar surface area (TPSA) is 21.3 Å². The molecule has 1 atom stereocenters. The summed E-state index contributed by atoms with van der Waals surface area (Å²) in [4.78, 5) is 0. The monoisotopic (exact) mass is 239 g/mol. The molecule has 0 amide bonds. The average molecular weight is 239 g/mol. The third-order valence-electron chi connectivity index (χ3n) is 2.74. The molecule has 0 aliphatic heterocycles. The van der Waals surface area contributed by atoms with Gasteiger partial charge in [0.2, 0.25) is 0 Å². The maximum Gasteiger partial charge on any atom is 0.123 e. The molecule has 0 heterocycles. The molecule has 1 aromatic carbocycles. The predicted octanol–water partition coefficient (Wildman–Crippen LogP) is 3.29. The van der Waals surface area contributed by atoms with Crippen molar-refractivity contribution in [3.8, 4) is 0 Å². The highest BCUT2D eigenvalue weighted by Crippen LogP contribution is 2.15. The third kappa shape index (κ3) is 4.84. The number of ether oxygens (including phenoxy) is 1. The Kier molecular flexibility index (Phi) is 5.09. The Morgan fingerprint density at radius 1 is 1.29 bits per heavy atom. The quantitative estimate of drug-likeness (QED) is 0.822. The lowest BCUT2D eigenvalue weighted by molar-refractivity contribution is -0.0103. The van der Waals surface area contributed by atoms with E-state index in [0.717, 1.165) is 12.1 Å². The molecule has 0 saturated carbocycles. The zero-order valence-electron chi connectivity index (χ0n) is 11.1. The minimum Gasteiger partial charge on any atom is -0.375 e. The molecular weight excluding hydrogens is 217 g/mol. The lowest BCUT2D eigenvalue weighted by atomic mass is 10.1. The van der Waals surface area contributed by atoms with Crippen LogP contribution in [0.3, 0.4) is 0 Å². The average Bonchev–Trinajstić information content (AvgIpc) is 2.27. The summed E-state index contributed by atoms with van der Waals surface area (Å²) >= 11 is 0. The van der Waals surface area contributed by atoms with Gasteiger partial charge in [-0.15, -0.1) is 0 Å². The molecule has 0 spiro atoms. The van der Waals surface area contributed by atoms with E-state index in [1.807, 2.05) is 6.92 Å². The van der Waals surface area contributed by atoms with Gasteiger partial charge in [0.25, 0.3) is 0 Å². The van der Waals surface area contributed by atoms with Gasteiger partial charge in [-0.2, -0.15) is 0 Å². The van der Waals surface area contributed by atoms with Crippen LogP contribution in [0.2, 0.25) is 0 Å². The van der Waals surface area contributed by atoms with Gasteiger partial charge in [0.05, 0.1) is 5.60 Å². The Hall–Kier alpha value is -0.930. The summed E-state index contributed by atoms with van der Waals surface area (Å²) in [7, 11) is 0. The first kappa shape index (κ1) is 14.1. The normalized spacial score (nSPS) is 13.7. The number of nitrogens with one attached hydrogen (secondary N) is 1. The van der Waals surface area contributed by atoms with E-state index >= 15 is 0 Å². The van der Waals surface area contributed by atoms with Crippen LogP contribution in [0, 0.1) is 5.82 Å². The van der Waals surface area contributed by atoms with Gasteiger partial charge in [-0.25, -0.2) is 4.39 Å². The van der Waals surface area contributed by atoms with E-state index in [1.54, 1.807) is 12.1 Å². The van der Waals surface area contributed by atoms with Crippen molar-refractivity contribution in [1.82, 2.24) is 5.32 Å². The van der Waals surface area contributed by atoms with Crippen molar-refractivity contribution in [1.29, 1.82) is 0 Å². The van der Waals surface area contributed by atoms with Crippen LogP contribution < -0.4 is 5.32 Å². The molecule has 1 N–H and O–H groups in total. The summed E-state index contributed by atoms with van der Waals surface area (Å²) in [6, 6.07) is 6.78. The van der Waals surface area contributed by atoms with Gasteiger partial charge in [-0.3, -0.25) is 0 Å². The fourth-order valence-corrected chi connectivity index (χ4v) is 1.71. The van der Waals surface area contributed by atoms with E-state index in [2.05, 4.69) is 26.1 Å². The molecule has 17 heavy (non-hydrogen) atoms. The molecule has 1 unspecified atom stereocenters. The van der Waals surface area contributed by atoms with Crippen LogP contribution in [-0.4, -0.2) is 18.8 Å². The van der Waals surface area contributed by atoms with Gasteiger partial charge in [0.15, 0.2) is 0 Å². The van der Waals surface area contributed by atoms with Gasteiger partial charge in [0.1, 0.15) is 5.82 Å². The Bertz CT molecular complexity index is 335. The lowest BCUT2D eigenvalue weighted by Crippen LogP contribution is -2.38. The highest BCUT2D eigenvalue weighted by Gasteiger charge is 2.18. The summed E-state index contributed by atoms with van der Waals surface area (Å²) < 4.78 is 18.4. The Morgan fingerprint density at radius 2 is 1.88 bits per heavy atom. The fourth-order valence-electron chi connectivity index (χ4n) is 1.71. The maximum atomic E-state index is 12.8. The van der Waals surface area contributed by atoms with Crippen LogP contribution in [-0.2, 0) is 4.74 Å². The van der Waals surface area contributed by atoms with Crippen molar-refractivity contribution >= 4 is 0 Å². The molecular formula is C14H22FNO. The number of hydrogen-bond donors (Lipinski definition) is 1. The third-order valence-corrected chi connectivity index (χ3v) is 2.74. The molecule has 1 aromatic rings. The molecule has 0 radical (unpaired) electrons. The highest BCUT2D eigenvalue weighted by atomic mass is 19.1. The van der Waals surface area contributed by atoms with Crippen molar-refractivity contribution in [3.05, 3.63) is 35.6 Å². The molecule has 2 nitrogen and oxygen atoms in total. The van der Waals surface area contributed by atoms with E-state index in [0.29, 0.717) is 6.61 Å². The van der Waals surface area contributed by atoms with Gasteiger partial charge in [-0.05, 0) is 45.4 Å². The van der Waals surface area contributed by atoms with Gasteiger partial charge in [0, 0.05) is 19.2 Å². The standard InChI is InChI=1S/C14H22FNO/c1-5-17-14(3,4)10-16-11(2)12-6-8-13(15)9-7-12/h6-9,11,16H,5,10H2,1-4H3. The van der Waals surface area contributed by atoms with Crippen LogP contribution >= 0.6 is 0 Å². The minimum atomic E-state index is -0.199. The largest absolute Gasteiger partial charge is 0.375 e. The SMILES string of the molecule is CCOC(C)(C)CNC(C)c1ccc(F)cc1. The van der Waals surface area contributed by atoms with E-state index < -0.39 is 0 Å². The molecule has 0 bridgehead atoms. The first-order chi connectivity index (χ1) is 7.94. The molecule has 0 fully saturated rings. The van der Waals surface area contributed by atoms with E-state index in [1.165, 1.54) is 12.1 Å². The minimum absolute atomic E-state index is 0.178. The number of benzene rings is 1. The van der Waals surface area contributed by atoms with Crippen molar-refractivity contribution in [2.45, 2.75) is 39.3 Å². The Morgan fingerprint density at radius 3 is 2.41 bits per heavy atom. The van der Waals surface area contributed by atoms with Gasteiger partial charge in [-0.1, -0.05) is 12.1 Å². The Balaban J connectivity index is 2.49. The molecule has 96 valence electrons. The smallest absolute Gasteiger partial charge is 0.123 e. The summed E-state index contributed by atoms with van der Waals surface area (Å²) in [6.07, 6.45) is 0. The first-order valence-electron chi connectivity index (χ1n) is 6.07. The molecule has 1 rings (SSSR count). The first-order valence-corrected chi connectivity index (χ1v) is 6.07. The molecule has 0 saturated heterocycles. The molecule has 0 aromatic heterocycles. The van der Waals surface area contributed by atoms with E-state index in [-0.39, 0.29) is 17.5 Å². The van der Waals surface area contributed by atoms with Gasteiger partial charge >= 0.3 is 0 Å².